The Kier molecular flexibility index (Phi) is 3.16. The normalized spacial score (nSPS) is 35.9. The Morgan fingerprint density at radius 2 is 1.78 bits per heavy atom. The first-order valence-electron chi connectivity index (χ1n) is 7.22. The van der Waals surface area contributed by atoms with Gasteiger partial charge >= 0.3 is 0 Å². The Morgan fingerprint density at radius 3 is 2.33 bits per heavy atom. The van der Waals surface area contributed by atoms with E-state index in [4.69, 9.17) is 0 Å². The second-order valence-electron chi connectivity index (χ2n) is 6.03. The molecule has 0 aromatic heterocycles. The van der Waals surface area contributed by atoms with Crippen molar-refractivity contribution in [3.05, 3.63) is 35.9 Å². The SMILES string of the molecule is CCC1(O)C[C@H]2CC[C@@H](C1)N2Cc1ccccc1. The fourth-order valence-electron chi connectivity index (χ4n) is 3.75. The fraction of sp³-hybridized carbons (Fsp3) is 0.625. The van der Waals surface area contributed by atoms with Crippen molar-refractivity contribution in [3.63, 3.8) is 0 Å². The van der Waals surface area contributed by atoms with E-state index in [9.17, 15) is 5.11 Å². The van der Waals surface area contributed by atoms with E-state index >= 15 is 0 Å². The lowest BCUT2D eigenvalue weighted by molar-refractivity contribution is -0.0567. The number of hydrogen-bond donors (Lipinski definition) is 1. The van der Waals surface area contributed by atoms with Crippen LogP contribution in [0.15, 0.2) is 30.3 Å². The van der Waals surface area contributed by atoms with Crippen molar-refractivity contribution in [2.24, 2.45) is 0 Å². The van der Waals surface area contributed by atoms with Gasteiger partial charge in [0.05, 0.1) is 5.60 Å². The quantitative estimate of drug-likeness (QED) is 0.885. The van der Waals surface area contributed by atoms with Gasteiger partial charge in [0.25, 0.3) is 0 Å². The van der Waals surface area contributed by atoms with E-state index in [1.54, 1.807) is 0 Å². The molecule has 1 aromatic rings. The van der Waals surface area contributed by atoms with Crippen LogP contribution in [0.2, 0.25) is 0 Å². The van der Waals surface area contributed by atoms with Crippen LogP contribution < -0.4 is 0 Å². The lowest BCUT2D eigenvalue weighted by Gasteiger charge is -2.43. The van der Waals surface area contributed by atoms with Gasteiger partial charge in [0.2, 0.25) is 0 Å². The summed E-state index contributed by atoms with van der Waals surface area (Å²) in [5.74, 6) is 0. The summed E-state index contributed by atoms with van der Waals surface area (Å²) in [7, 11) is 0. The average molecular weight is 245 g/mol. The van der Waals surface area contributed by atoms with Crippen molar-refractivity contribution in [2.45, 2.75) is 63.3 Å². The fourth-order valence-corrected chi connectivity index (χ4v) is 3.75. The first-order valence-corrected chi connectivity index (χ1v) is 7.22. The molecular formula is C16H23NO. The van der Waals surface area contributed by atoms with E-state index in [0.717, 1.165) is 25.8 Å². The van der Waals surface area contributed by atoms with Crippen LogP contribution in [0.1, 0.15) is 44.6 Å². The minimum atomic E-state index is -0.390. The molecule has 2 aliphatic rings. The van der Waals surface area contributed by atoms with Gasteiger partial charge in [0.15, 0.2) is 0 Å². The van der Waals surface area contributed by atoms with Crippen molar-refractivity contribution in [1.29, 1.82) is 0 Å². The monoisotopic (exact) mass is 245 g/mol. The summed E-state index contributed by atoms with van der Waals surface area (Å²) in [4.78, 5) is 2.62. The molecular weight excluding hydrogens is 222 g/mol. The van der Waals surface area contributed by atoms with Gasteiger partial charge in [-0.3, -0.25) is 4.90 Å². The maximum Gasteiger partial charge on any atom is 0.0675 e. The molecule has 2 saturated heterocycles. The van der Waals surface area contributed by atoms with E-state index in [0.29, 0.717) is 12.1 Å². The highest BCUT2D eigenvalue weighted by Gasteiger charge is 2.46. The van der Waals surface area contributed by atoms with Crippen molar-refractivity contribution >= 4 is 0 Å². The Bertz CT molecular complexity index is 389. The Labute approximate surface area is 110 Å². The first-order chi connectivity index (χ1) is 8.70. The molecule has 0 radical (unpaired) electrons. The molecule has 0 spiro atoms. The minimum absolute atomic E-state index is 0.390. The summed E-state index contributed by atoms with van der Waals surface area (Å²) in [6.07, 6.45) is 5.36. The zero-order chi connectivity index (χ0) is 12.6. The standard InChI is InChI=1S/C16H23NO/c1-2-16(18)10-14-8-9-15(11-16)17(14)12-13-6-4-3-5-7-13/h3-7,14-15,18H,2,8-12H2,1H3/t14-,15+,16?. The molecule has 1 aromatic carbocycles. The average Bonchev–Trinajstić information content (AvgIpc) is 2.64. The van der Waals surface area contributed by atoms with Crippen molar-refractivity contribution < 1.29 is 5.11 Å². The van der Waals surface area contributed by atoms with Gasteiger partial charge in [-0.05, 0) is 37.7 Å². The van der Waals surface area contributed by atoms with Gasteiger partial charge in [-0.15, -0.1) is 0 Å². The number of benzene rings is 1. The summed E-state index contributed by atoms with van der Waals surface area (Å²) >= 11 is 0. The molecule has 1 N–H and O–H groups in total. The molecule has 1 unspecified atom stereocenters. The Balaban J connectivity index is 1.73. The predicted octanol–water partition coefficient (Wildman–Crippen LogP) is 2.95. The molecule has 2 aliphatic heterocycles. The highest BCUT2D eigenvalue weighted by molar-refractivity contribution is 5.16. The molecule has 0 amide bonds. The number of hydrogen-bond acceptors (Lipinski definition) is 2. The van der Waals surface area contributed by atoms with Crippen LogP contribution in [-0.4, -0.2) is 27.7 Å². The molecule has 2 heterocycles. The second kappa shape index (κ2) is 4.67. The molecule has 3 atom stereocenters. The van der Waals surface area contributed by atoms with Crippen LogP contribution in [0, 0.1) is 0 Å². The van der Waals surface area contributed by atoms with Gasteiger partial charge < -0.3 is 5.11 Å². The molecule has 98 valence electrons. The highest BCUT2D eigenvalue weighted by atomic mass is 16.3. The van der Waals surface area contributed by atoms with Gasteiger partial charge in [-0.1, -0.05) is 37.3 Å². The van der Waals surface area contributed by atoms with Crippen LogP contribution in [0.4, 0.5) is 0 Å². The first kappa shape index (κ1) is 12.2. The zero-order valence-electron chi connectivity index (χ0n) is 11.2. The minimum Gasteiger partial charge on any atom is -0.390 e. The van der Waals surface area contributed by atoms with Gasteiger partial charge in [-0.2, -0.15) is 0 Å². The number of rotatable bonds is 3. The van der Waals surface area contributed by atoms with E-state index in [-0.39, 0.29) is 5.60 Å². The molecule has 2 nitrogen and oxygen atoms in total. The maximum atomic E-state index is 10.5. The zero-order valence-corrected chi connectivity index (χ0v) is 11.2. The van der Waals surface area contributed by atoms with E-state index in [1.807, 2.05) is 0 Å². The third kappa shape index (κ3) is 2.19. The van der Waals surface area contributed by atoms with Crippen LogP contribution in [-0.2, 0) is 6.54 Å². The second-order valence-corrected chi connectivity index (χ2v) is 6.03. The summed E-state index contributed by atoms with van der Waals surface area (Å²) in [5.41, 5.74) is 1.01. The van der Waals surface area contributed by atoms with Crippen molar-refractivity contribution in [1.82, 2.24) is 4.90 Å². The predicted molar refractivity (Wildman–Crippen MR) is 73.3 cm³/mol. The lowest BCUT2D eigenvalue weighted by Crippen LogP contribution is -2.50. The third-order valence-corrected chi connectivity index (χ3v) is 4.87. The number of aliphatic hydroxyl groups is 1. The van der Waals surface area contributed by atoms with E-state index < -0.39 is 0 Å². The maximum absolute atomic E-state index is 10.5. The molecule has 2 fully saturated rings. The van der Waals surface area contributed by atoms with Crippen molar-refractivity contribution in [2.75, 3.05) is 0 Å². The lowest BCUT2D eigenvalue weighted by atomic mass is 9.84. The van der Waals surface area contributed by atoms with Crippen molar-refractivity contribution in [3.8, 4) is 0 Å². The molecule has 2 heteroatoms. The number of nitrogens with zero attached hydrogens (tertiary/aromatic N) is 1. The molecule has 2 bridgehead atoms. The summed E-state index contributed by atoms with van der Waals surface area (Å²) in [6, 6.07) is 11.9. The topological polar surface area (TPSA) is 23.5 Å². The summed E-state index contributed by atoms with van der Waals surface area (Å²) < 4.78 is 0. The summed E-state index contributed by atoms with van der Waals surface area (Å²) in [6.45, 7) is 3.17. The number of piperidine rings is 1. The van der Waals surface area contributed by atoms with Gasteiger partial charge in [0.1, 0.15) is 0 Å². The van der Waals surface area contributed by atoms with Crippen LogP contribution in [0.5, 0.6) is 0 Å². The number of fused-ring (bicyclic) bond motifs is 2. The van der Waals surface area contributed by atoms with Gasteiger partial charge in [0, 0.05) is 18.6 Å². The van der Waals surface area contributed by atoms with E-state index in [2.05, 4.69) is 42.2 Å². The summed E-state index contributed by atoms with van der Waals surface area (Å²) in [5, 5.41) is 10.5. The van der Waals surface area contributed by atoms with Gasteiger partial charge in [-0.25, -0.2) is 0 Å². The Hall–Kier alpha value is -0.860. The Morgan fingerprint density at radius 1 is 1.17 bits per heavy atom. The van der Waals surface area contributed by atoms with Crippen LogP contribution >= 0.6 is 0 Å². The van der Waals surface area contributed by atoms with Crippen LogP contribution in [0.25, 0.3) is 0 Å². The highest BCUT2D eigenvalue weighted by Crippen LogP contribution is 2.42. The molecule has 18 heavy (non-hydrogen) atoms. The molecule has 3 rings (SSSR count). The van der Waals surface area contributed by atoms with Crippen LogP contribution in [0.3, 0.4) is 0 Å². The molecule has 0 aliphatic carbocycles. The molecule has 0 saturated carbocycles. The third-order valence-electron chi connectivity index (χ3n) is 4.87. The van der Waals surface area contributed by atoms with E-state index in [1.165, 1.54) is 18.4 Å². The smallest absolute Gasteiger partial charge is 0.0675 e. The largest absolute Gasteiger partial charge is 0.390 e.